The van der Waals surface area contributed by atoms with Crippen LogP contribution < -0.4 is 10.1 Å². The number of benzene rings is 1. The fourth-order valence-electron chi connectivity index (χ4n) is 3.21. The van der Waals surface area contributed by atoms with Gasteiger partial charge in [0.2, 0.25) is 0 Å². The van der Waals surface area contributed by atoms with Gasteiger partial charge in [0.1, 0.15) is 5.75 Å². The van der Waals surface area contributed by atoms with E-state index < -0.39 is 12.1 Å². The van der Waals surface area contributed by atoms with E-state index in [1.54, 1.807) is 0 Å². The third kappa shape index (κ3) is 7.24. The molecule has 0 aromatic heterocycles. The molecule has 1 aromatic rings. The van der Waals surface area contributed by atoms with Crippen LogP contribution >= 0.6 is 0 Å². The number of nitrogens with one attached hydrogen (secondary N) is 1. The summed E-state index contributed by atoms with van der Waals surface area (Å²) in [6, 6.07) is 7.73. The van der Waals surface area contributed by atoms with Gasteiger partial charge in [0.05, 0.1) is 12.5 Å². The summed E-state index contributed by atoms with van der Waals surface area (Å²) in [5, 5.41) is 3.28. The number of ether oxygens (including phenoxy) is 1. The molecule has 2 unspecified atom stereocenters. The molecular weight excluding hydrogens is 329 g/mol. The minimum Gasteiger partial charge on any atom is -0.494 e. The highest BCUT2D eigenvalue weighted by Crippen LogP contribution is 2.37. The second kappa shape index (κ2) is 9.43. The molecule has 142 valence electrons. The van der Waals surface area contributed by atoms with Crippen molar-refractivity contribution in [2.75, 3.05) is 27.2 Å². The maximum Gasteiger partial charge on any atom is 0.391 e. The van der Waals surface area contributed by atoms with Crippen molar-refractivity contribution in [3.63, 3.8) is 0 Å². The van der Waals surface area contributed by atoms with Crippen LogP contribution in [0.2, 0.25) is 0 Å². The number of nitrogens with zero attached hydrogens (tertiary/aromatic N) is 1. The molecule has 2 rings (SSSR count). The highest BCUT2D eigenvalue weighted by atomic mass is 19.4. The number of hydrogen-bond acceptors (Lipinski definition) is 3. The molecule has 1 aliphatic rings. The van der Waals surface area contributed by atoms with E-state index in [0.717, 1.165) is 30.7 Å². The molecule has 1 fully saturated rings. The number of alkyl halides is 3. The molecule has 0 bridgehead atoms. The van der Waals surface area contributed by atoms with Crippen molar-refractivity contribution in [1.82, 2.24) is 10.2 Å². The van der Waals surface area contributed by atoms with Crippen LogP contribution in [0.3, 0.4) is 0 Å². The smallest absolute Gasteiger partial charge is 0.391 e. The van der Waals surface area contributed by atoms with Crippen molar-refractivity contribution in [3.05, 3.63) is 29.8 Å². The van der Waals surface area contributed by atoms with Gasteiger partial charge in [-0.1, -0.05) is 18.6 Å². The fraction of sp³-hybridized carbons (Fsp3) is 0.684. The Labute approximate surface area is 148 Å². The van der Waals surface area contributed by atoms with Crippen molar-refractivity contribution in [1.29, 1.82) is 0 Å². The lowest BCUT2D eigenvalue weighted by Gasteiger charge is -2.31. The first kappa shape index (κ1) is 20.0. The highest BCUT2D eigenvalue weighted by Gasteiger charge is 2.41. The summed E-state index contributed by atoms with van der Waals surface area (Å²) >= 11 is 0. The zero-order valence-corrected chi connectivity index (χ0v) is 15.1. The van der Waals surface area contributed by atoms with Crippen molar-refractivity contribution in [2.24, 2.45) is 5.92 Å². The third-order valence-corrected chi connectivity index (χ3v) is 4.67. The van der Waals surface area contributed by atoms with Gasteiger partial charge < -0.3 is 15.0 Å². The lowest BCUT2D eigenvalue weighted by Crippen LogP contribution is -2.38. The first-order chi connectivity index (χ1) is 11.8. The van der Waals surface area contributed by atoms with Gasteiger partial charge in [-0.3, -0.25) is 0 Å². The van der Waals surface area contributed by atoms with Gasteiger partial charge in [-0.05, 0) is 57.5 Å². The van der Waals surface area contributed by atoms with Crippen LogP contribution in [0, 0.1) is 5.92 Å². The lowest BCUT2D eigenvalue weighted by atomic mass is 9.85. The predicted octanol–water partition coefficient (Wildman–Crippen LogP) is 4.23. The number of halogens is 3. The predicted molar refractivity (Wildman–Crippen MR) is 93.7 cm³/mol. The summed E-state index contributed by atoms with van der Waals surface area (Å²) in [6.07, 6.45) is -1.18. The summed E-state index contributed by atoms with van der Waals surface area (Å²) in [7, 11) is 4.07. The van der Waals surface area contributed by atoms with Crippen LogP contribution in [0.4, 0.5) is 13.2 Å². The molecular formula is C19H29F3N2O. The van der Waals surface area contributed by atoms with Gasteiger partial charge >= 0.3 is 6.18 Å². The van der Waals surface area contributed by atoms with Gasteiger partial charge in [0.15, 0.2) is 0 Å². The van der Waals surface area contributed by atoms with E-state index in [2.05, 4.69) is 10.2 Å². The van der Waals surface area contributed by atoms with E-state index in [4.69, 9.17) is 4.74 Å². The standard InChI is InChI=1S/C19H29F3N2O/c1-24(2)11-4-12-25-18-9-7-15(8-10-18)14-23-17-6-3-5-16(13-17)19(20,21)22/h7-10,16-17,23H,3-6,11-14H2,1-2H3. The molecule has 0 radical (unpaired) electrons. The van der Waals surface area contributed by atoms with Gasteiger partial charge in [-0.2, -0.15) is 13.2 Å². The SMILES string of the molecule is CN(C)CCCOc1ccc(CNC2CCCC(C(F)(F)F)C2)cc1. The monoisotopic (exact) mass is 358 g/mol. The molecule has 3 nitrogen and oxygen atoms in total. The summed E-state index contributed by atoms with van der Waals surface area (Å²) in [4.78, 5) is 2.12. The lowest BCUT2D eigenvalue weighted by molar-refractivity contribution is -0.183. The Kier molecular flexibility index (Phi) is 7.56. The molecule has 1 aromatic carbocycles. The van der Waals surface area contributed by atoms with Gasteiger partial charge in [0, 0.05) is 19.1 Å². The maximum absolute atomic E-state index is 12.8. The third-order valence-electron chi connectivity index (χ3n) is 4.67. The summed E-state index contributed by atoms with van der Waals surface area (Å²) in [5.74, 6) is -0.325. The zero-order valence-electron chi connectivity index (χ0n) is 15.1. The van der Waals surface area contributed by atoms with E-state index in [-0.39, 0.29) is 18.9 Å². The minimum absolute atomic E-state index is 0.0534. The zero-order chi connectivity index (χ0) is 18.3. The summed E-state index contributed by atoms with van der Waals surface area (Å²) < 4.78 is 44.2. The summed E-state index contributed by atoms with van der Waals surface area (Å²) in [5.41, 5.74) is 1.06. The van der Waals surface area contributed by atoms with Crippen LogP contribution in [-0.4, -0.2) is 44.4 Å². The maximum atomic E-state index is 12.8. The van der Waals surface area contributed by atoms with E-state index in [1.807, 2.05) is 38.4 Å². The van der Waals surface area contributed by atoms with Gasteiger partial charge in [-0.25, -0.2) is 0 Å². The van der Waals surface area contributed by atoms with Crippen LogP contribution in [-0.2, 0) is 6.54 Å². The molecule has 0 heterocycles. The molecule has 0 saturated heterocycles. The Bertz CT molecular complexity index is 502. The number of hydrogen-bond donors (Lipinski definition) is 1. The normalized spacial score (nSPS) is 21.5. The molecule has 0 amide bonds. The molecule has 0 aliphatic heterocycles. The quantitative estimate of drug-likeness (QED) is 0.704. The van der Waals surface area contributed by atoms with Crippen molar-refractivity contribution >= 4 is 0 Å². The van der Waals surface area contributed by atoms with Crippen molar-refractivity contribution in [3.8, 4) is 5.75 Å². The van der Waals surface area contributed by atoms with Gasteiger partial charge in [-0.15, -0.1) is 0 Å². The molecule has 1 aliphatic carbocycles. The van der Waals surface area contributed by atoms with Crippen LogP contribution in [0.25, 0.3) is 0 Å². The van der Waals surface area contributed by atoms with Crippen molar-refractivity contribution < 1.29 is 17.9 Å². The second-order valence-corrected chi connectivity index (χ2v) is 7.13. The van der Waals surface area contributed by atoms with Crippen LogP contribution in [0.15, 0.2) is 24.3 Å². The average molecular weight is 358 g/mol. The molecule has 1 N–H and O–H groups in total. The second-order valence-electron chi connectivity index (χ2n) is 7.13. The average Bonchev–Trinajstić information content (AvgIpc) is 2.57. The Balaban J connectivity index is 1.72. The molecule has 25 heavy (non-hydrogen) atoms. The number of rotatable bonds is 8. The van der Waals surface area contributed by atoms with E-state index in [1.165, 1.54) is 0 Å². The summed E-state index contributed by atoms with van der Waals surface area (Å²) in [6.45, 7) is 2.26. The first-order valence-corrected chi connectivity index (χ1v) is 9.01. The molecule has 1 saturated carbocycles. The molecule has 6 heteroatoms. The van der Waals surface area contributed by atoms with Gasteiger partial charge in [0.25, 0.3) is 0 Å². The largest absolute Gasteiger partial charge is 0.494 e. The Hall–Kier alpha value is -1.27. The van der Waals surface area contributed by atoms with Crippen LogP contribution in [0.5, 0.6) is 5.75 Å². The van der Waals surface area contributed by atoms with Crippen LogP contribution in [0.1, 0.15) is 37.7 Å². The van der Waals surface area contributed by atoms with E-state index in [0.29, 0.717) is 19.6 Å². The molecule has 2 atom stereocenters. The first-order valence-electron chi connectivity index (χ1n) is 9.01. The Morgan fingerprint density at radius 1 is 1.16 bits per heavy atom. The molecule has 0 spiro atoms. The topological polar surface area (TPSA) is 24.5 Å². The van der Waals surface area contributed by atoms with E-state index >= 15 is 0 Å². The minimum atomic E-state index is -4.06. The Morgan fingerprint density at radius 3 is 2.52 bits per heavy atom. The fourth-order valence-corrected chi connectivity index (χ4v) is 3.21. The van der Waals surface area contributed by atoms with E-state index in [9.17, 15) is 13.2 Å². The Morgan fingerprint density at radius 2 is 1.88 bits per heavy atom. The highest BCUT2D eigenvalue weighted by molar-refractivity contribution is 5.27. The van der Waals surface area contributed by atoms with Crippen molar-refractivity contribution in [2.45, 2.75) is 50.9 Å².